The summed E-state index contributed by atoms with van der Waals surface area (Å²) in [6.07, 6.45) is 3.10. The van der Waals surface area contributed by atoms with E-state index in [0.717, 1.165) is 42.3 Å². The van der Waals surface area contributed by atoms with Gasteiger partial charge in [0.1, 0.15) is 0 Å². The molecule has 0 spiro atoms. The second-order valence-electron chi connectivity index (χ2n) is 5.61. The Labute approximate surface area is 133 Å². The Morgan fingerprint density at radius 3 is 3.05 bits per heavy atom. The molecule has 2 aromatic heterocycles. The van der Waals surface area contributed by atoms with Crippen molar-refractivity contribution >= 4 is 17.2 Å². The number of carbonyl (C=O) groups excluding carboxylic acids is 1. The van der Waals surface area contributed by atoms with Crippen LogP contribution < -0.4 is 0 Å². The number of nitrogens with zero attached hydrogens (tertiary/aromatic N) is 4. The van der Waals surface area contributed by atoms with Crippen molar-refractivity contribution < 1.29 is 9.32 Å². The molecule has 0 aliphatic carbocycles. The summed E-state index contributed by atoms with van der Waals surface area (Å²) in [6, 6.07) is 0. The molecule has 1 aliphatic rings. The first kappa shape index (κ1) is 15.1. The maximum absolute atomic E-state index is 12.4. The Hall–Kier alpha value is -1.76. The number of rotatable bonds is 4. The van der Waals surface area contributed by atoms with Gasteiger partial charge in [-0.05, 0) is 19.8 Å². The molecular formula is C15H20N4O2S. The van der Waals surface area contributed by atoms with Gasteiger partial charge < -0.3 is 9.42 Å². The smallest absolute Gasteiger partial charge is 0.228 e. The number of thiazole rings is 1. The summed E-state index contributed by atoms with van der Waals surface area (Å²) in [5.74, 6) is 1.71. The van der Waals surface area contributed by atoms with E-state index in [2.05, 4.69) is 15.1 Å². The van der Waals surface area contributed by atoms with Crippen molar-refractivity contribution in [2.45, 2.75) is 45.4 Å². The summed E-state index contributed by atoms with van der Waals surface area (Å²) in [7, 11) is 0. The van der Waals surface area contributed by atoms with Gasteiger partial charge in [0.15, 0.2) is 5.82 Å². The van der Waals surface area contributed by atoms with Crippen LogP contribution in [0.4, 0.5) is 0 Å². The molecule has 0 radical (unpaired) electrons. The summed E-state index contributed by atoms with van der Waals surface area (Å²) < 4.78 is 5.19. The highest BCUT2D eigenvalue weighted by Crippen LogP contribution is 2.25. The highest BCUT2D eigenvalue weighted by atomic mass is 32.1. The molecule has 0 aromatic carbocycles. The minimum absolute atomic E-state index is 0.134. The lowest BCUT2D eigenvalue weighted by molar-refractivity contribution is -0.131. The molecule has 7 heteroatoms. The highest BCUT2D eigenvalue weighted by molar-refractivity contribution is 7.09. The van der Waals surface area contributed by atoms with E-state index >= 15 is 0 Å². The first-order chi connectivity index (χ1) is 10.7. The van der Waals surface area contributed by atoms with Crippen molar-refractivity contribution in [3.05, 3.63) is 27.8 Å². The zero-order valence-electron chi connectivity index (χ0n) is 12.9. The molecule has 118 valence electrons. The Kier molecular flexibility index (Phi) is 4.52. The van der Waals surface area contributed by atoms with Crippen LogP contribution in [-0.4, -0.2) is 39.0 Å². The first-order valence-electron chi connectivity index (χ1n) is 7.67. The number of carbonyl (C=O) groups is 1. The summed E-state index contributed by atoms with van der Waals surface area (Å²) in [5, 5.41) is 7.02. The van der Waals surface area contributed by atoms with Crippen molar-refractivity contribution in [3.63, 3.8) is 0 Å². The third-order valence-corrected chi connectivity index (χ3v) is 4.75. The van der Waals surface area contributed by atoms with Crippen LogP contribution >= 0.6 is 11.3 Å². The molecule has 2 aromatic rings. The second kappa shape index (κ2) is 6.56. The number of hydrogen-bond acceptors (Lipinski definition) is 6. The maximum Gasteiger partial charge on any atom is 0.228 e. The van der Waals surface area contributed by atoms with E-state index in [-0.39, 0.29) is 11.8 Å². The summed E-state index contributed by atoms with van der Waals surface area (Å²) in [5.41, 5.74) is 0.863. The summed E-state index contributed by atoms with van der Waals surface area (Å²) in [6.45, 7) is 5.42. The lowest BCUT2D eigenvalue weighted by atomic mass is 9.97. The quantitative estimate of drug-likeness (QED) is 0.864. The van der Waals surface area contributed by atoms with Gasteiger partial charge in [0.25, 0.3) is 0 Å². The monoisotopic (exact) mass is 320 g/mol. The largest absolute Gasteiger partial charge is 0.342 e. The average molecular weight is 320 g/mol. The van der Waals surface area contributed by atoms with E-state index in [1.165, 1.54) is 0 Å². The van der Waals surface area contributed by atoms with E-state index in [1.807, 2.05) is 24.1 Å². The molecule has 0 bridgehead atoms. The summed E-state index contributed by atoms with van der Waals surface area (Å²) in [4.78, 5) is 23.1. The summed E-state index contributed by atoms with van der Waals surface area (Å²) >= 11 is 1.58. The number of piperidine rings is 1. The number of aryl methyl sites for hydroxylation is 2. The van der Waals surface area contributed by atoms with Crippen LogP contribution in [0.3, 0.4) is 0 Å². The predicted octanol–water partition coefficient (Wildman–Crippen LogP) is 2.35. The normalized spacial score (nSPS) is 18.6. The fourth-order valence-corrected chi connectivity index (χ4v) is 3.36. The van der Waals surface area contributed by atoms with Crippen molar-refractivity contribution in [1.29, 1.82) is 0 Å². The van der Waals surface area contributed by atoms with E-state index in [1.54, 1.807) is 11.3 Å². The van der Waals surface area contributed by atoms with Crippen LogP contribution in [0, 0.1) is 6.92 Å². The van der Waals surface area contributed by atoms with Crippen LogP contribution in [0.15, 0.2) is 9.90 Å². The number of hydrogen-bond donors (Lipinski definition) is 0. The van der Waals surface area contributed by atoms with Crippen LogP contribution in [0.25, 0.3) is 0 Å². The van der Waals surface area contributed by atoms with Crippen LogP contribution in [0.5, 0.6) is 0 Å². The molecule has 1 atom stereocenters. The van der Waals surface area contributed by atoms with Crippen molar-refractivity contribution in [2.24, 2.45) is 0 Å². The van der Waals surface area contributed by atoms with Gasteiger partial charge in [0, 0.05) is 30.8 Å². The molecule has 0 N–H and O–H groups in total. The molecule has 1 amide bonds. The van der Waals surface area contributed by atoms with Gasteiger partial charge in [-0.25, -0.2) is 4.98 Å². The van der Waals surface area contributed by atoms with Gasteiger partial charge in [0.05, 0.1) is 17.1 Å². The van der Waals surface area contributed by atoms with Gasteiger partial charge in [-0.1, -0.05) is 12.1 Å². The third-order valence-electron chi connectivity index (χ3n) is 3.92. The van der Waals surface area contributed by atoms with E-state index < -0.39 is 0 Å². The van der Waals surface area contributed by atoms with E-state index in [9.17, 15) is 4.79 Å². The predicted molar refractivity (Wildman–Crippen MR) is 82.8 cm³/mol. The third kappa shape index (κ3) is 3.35. The second-order valence-corrected chi connectivity index (χ2v) is 6.68. The minimum Gasteiger partial charge on any atom is -0.342 e. The van der Waals surface area contributed by atoms with Crippen molar-refractivity contribution in [2.75, 3.05) is 13.1 Å². The van der Waals surface area contributed by atoms with Crippen molar-refractivity contribution in [3.8, 4) is 0 Å². The van der Waals surface area contributed by atoms with Gasteiger partial charge in [-0.15, -0.1) is 11.3 Å². The number of aromatic nitrogens is 3. The zero-order chi connectivity index (χ0) is 15.5. The maximum atomic E-state index is 12.4. The van der Waals surface area contributed by atoms with Gasteiger partial charge in [-0.2, -0.15) is 4.98 Å². The molecule has 1 saturated heterocycles. The first-order valence-corrected chi connectivity index (χ1v) is 8.55. The lowest BCUT2D eigenvalue weighted by Gasteiger charge is -2.31. The molecule has 6 nitrogen and oxygen atoms in total. The van der Waals surface area contributed by atoms with Crippen molar-refractivity contribution in [1.82, 2.24) is 20.0 Å². The number of amides is 1. The minimum atomic E-state index is 0.134. The molecule has 1 fully saturated rings. The van der Waals surface area contributed by atoms with Crippen LogP contribution in [-0.2, 0) is 17.6 Å². The Morgan fingerprint density at radius 1 is 1.50 bits per heavy atom. The van der Waals surface area contributed by atoms with Gasteiger partial charge in [0.2, 0.25) is 11.8 Å². The van der Waals surface area contributed by atoms with E-state index in [0.29, 0.717) is 18.9 Å². The van der Waals surface area contributed by atoms with E-state index in [4.69, 9.17) is 4.52 Å². The Morgan fingerprint density at radius 2 is 2.36 bits per heavy atom. The highest BCUT2D eigenvalue weighted by Gasteiger charge is 2.28. The molecule has 22 heavy (non-hydrogen) atoms. The van der Waals surface area contributed by atoms with Crippen LogP contribution in [0.2, 0.25) is 0 Å². The SMILES string of the molecule is CCc1nc([C@@H]2CCCN(C(=O)Cc3csc(C)n3)C2)no1. The molecule has 0 saturated carbocycles. The molecule has 3 heterocycles. The zero-order valence-corrected chi connectivity index (χ0v) is 13.7. The number of likely N-dealkylation sites (tertiary alicyclic amines) is 1. The Balaban J connectivity index is 1.63. The Bertz CT molecular complexity index is 652. The lowest BCUT2D eigenvalue weighted by Crippen LogP contribution is -2.40. The average Bonchev–Trinajstić information content (AvgIpc) is 3.16. The molecule has 1 aliphatic heterocycles. The van der Waals surface area contributed by atoms with Gasteiger partial charge in [-0.3, -0.25) is 4.79 Å². The fraction of sp³-hybridized carbons (Fsp3) is 0.600. The fourth-order valence-electron chi connectivity index (χ4n) is 2.75. The molecule has 3 rings (SSSR count). The standard InChI is InChI=1S/C15H20N4O2S/c1-3-13-17-15(18-21-13)11-5-4-6-19(8-11)14(20)7-12-9-22-10(2)16-12/h9,11H,3-8H2,1-2H3/t11-/m1/s1. The topological polar surface area (TPSA) is 72.1 Å². The molecular weight excluding hydrogens is 300 g/mol. The van der Waals surface area contributed by atoms with Gasteiger partial charge >= 0.3 is 0 Å². The van der Waals surface area contributed by atoms with Crippen LogP contribution in [0.1, 0.15) is 48.1 Å². The molecule has 0 unspecified atom stereocenters.